The van der Waals surface area contributed by atoms with Gasteiger partial charge in [-0.15, -0.1) is 0 Å². The molecule has 0 bridgehead atoms. The van der Waals surface area contributed by atoms with Crippen LogP contribution in [0.15, 0.2) is 62.5 Å². The number of hydrogen-bond acceptors (Lipinski definition) is 7. The molecule has 7 rings (SSSR count). The van der Waals surface area contributed by atoms with Gasteiger partial charge in [-0.25, -0.2) is 15.0 Å². The zero-order valence-electron chi connectivity index (χ0n) is 30.7. The number of H-pyrrole nitrogens is 1. The second-order valence-electron chi connectivity index (χ2n) is 15.9. The first-order valence-corrected chi connectivity index (χ1v) is 19.8. The fourth-order valence-corrected chi connectivity index (χ4v) is 7.40. The topological polar surface area (TPSA) is 110 Å². The largest absolute Gasteiger partial charge is 0.473 e. The van der Waals surface area contributed by atoms with Crippen molar-refractivity contribution in [2.75, 3.05) is 13.2 Å². The fraction of sp³-hybridized carbons (Fsp3) is 0.600. The highest BCUT2D eigenvalue weighted by Crippen LogP contribution is 2.39. The van der Waals surface area contributed by atoms with E-state index in [1.165, 1.54) is 44.7 Å². The Morgan fingerprint density at radius 3 is 1.84 bits per heavy atom. The highest BCUT2D eigenvalue weighted by Gasteiger charge is 2.31. The minimum Gasteiger partial charge on any atom is -0.473 e. The summed E-state index contributed by atoms with van der Waals surface area (Å²) in [7, 11) is 0. The summed E-state index contributed by atoms with van der Waals surface area (Å²) < 4.78 is 13.0. The number of nitrogens with one attached hydrogen (secondary N) is 1. The predicted molar refractivity (Wildman–Crippen MR) is 211 cm³/mol. The third kappa shape index (κ3) is 13.3. The average molecular weight is 817 g/mol. The Hall–Kier alpha value is -2.40. The lowest BCUT2D eigenvalue weighted by Crippen LogP contribution is -2.30. The number of hydrogen-bond donors (Lipinski definition) is 2. The number of aromatic amines is 1. The number of benzene rings is 2. The van der Waals surface area contributed by atoms with Crippen molar-refractivity contribution < 1.29 is 14.6 Å². The molecule has 3 aliphatic rings. The van der Waals surface area contributed by atoms with Gasteiger partial charge in [-0.1, -0.05) is 73.4 Å². The lowest BCUT2D eigenvalue weighted by molar-refractivity contribution is 0.0725. The van der Waals surface area contributed by atoms with Crippen LogP contribution in [-0.2, 0) is 4.74 Å². The Morgan fingerprint density at radius 1 is 0.740 bits per heavy atom. The maximum absolute atomic E-state index is 10.8. The molecule has 3 fully saturated rings. The summed E-state index contributed by atoms with van der Waals surface area (Å²) in [5, 5.41) is 9.29. The predicted octanol–water partition coefficient (Wildman–Crippen LogP) is 10.4. The molecule has 0 spiro atoms. The minimum absolute atomic E-state index is 0.00593. The Labute approximate surface area is 314 Å². The van der Waals surface area contributed by atoms with Crippen LogP contribution in [0.3, 0.4) is 0 Å². The molecule has 2 saturated carbocycles. The minimum atomic E-state index is -0.176. The quantitative estimate of drug-likeness (QED) is 0.207. The standard InChI is InChI=1S/C18H23BrN2O.C10H20O.C8H5BrN2O.C4H8O/c1-18(2,3)12-4-7-14(8-5-12)22-17-11-20-16-10-13(19)6-9-15(16)21-17;1-10(2,3)8-4-6-9(11)7-5-8;9-5-1-2-6-7(3-5)10-4-8(12)11-6;1-2-4-5-3-1/h6,9-12,14H,4-5,7-8H2,1-3H3;8-9,11H,4-7H2,1-3H3;1-4H,(H,11,12);1-4H2. The number of nitrogens with zero attached hydrogens (tertiary/aromatic N) is 3. The van der Waals surface area contributed by atoms with E-state index in [0.29, 0.717) is 16.7 Å². The van der Waals surface area contributed by atoms with Crippen LogP contribution in [0, 0.1) is 22.7 Å². The molecule has 10 heteroatoms. The summed E-state index contributed by atoms with van der Waals surface area (Å²) >= 11 is 6.77. The smallest absolute Gasteiger partial charge is 0.266 e. The Balaban J connectivity index is 0.000000169. The molecule has 2 aliphatic carbocycles. The molecular formula is C40H56Br2N4O4. The molecule has 0 amide bonds. The first-order valence-electron chi connectivity index (χ1n) is 18.2. The van der Waals surface area contributed by atoms with Gasteiger partial charge in [0.2, 0.25) is 5.88 Å². The highest BCUT2D eigenvalue weighted by atomic mass is 79.9. The van der Waals surface area contributed by atoms with Crippen molar-refractivity contribution in [2.45, 2.75) is 118 Å². The average Bonchev–Trinajstić information content (AvgIpc) is 3.66. The molecule has 50 heavy (non-hydrogen) atoms. The molecule has 0 unspecified atom stereocenters. The number of rotatable bonds is 2. The molecule has 274 valence electrons. The van der Waals surface area contributed by atoms with Crippen molar-refractivity contribution in [1.29, 1.82) is 0 Å². The van der Waals surface area contributed by atoms with E-state index < -0.39 is 0 Å². The maximum Gasteiger partial charge on any atom is 0.266 e. The number of ether oxygens (including phenoxy) is 2. The Morgan fingerprint density at radius 2 is 1.28 bits per heavy atom. The van der Waals surface area contributed by atoms with Crippen LogP contribution in [-0.4, -0.2) is 50.5 Å². The maximum atomic E-state index is 10.8. The fourth-order valence-electron chi connectivity index (χ4n) is 6.70. The molecule has 2 aromatic heterocycles. The van der Waals surface area contributed by atoms with Gasteiger partial charge in [0.15, 0.2) is 0 Å². The van der Waals surface area contributed by atoms with Gasteiger partial charge in [-0.3, -0.25) is 4.79 Å². The van der Waals surface area contributed by atoms with Crippen LogP contribution in [0.5, 0.6) is 5.88 Å². The molecule has 4 aromatic rings. The lowest BCUT2D eigenvalue weighted by atomic mass is 9.72. The van der Waals surface area contributed by atoms with E-state index >= 15 is 0 Å². The van der Waals surface area contributed by atoms with E-state index in [0.717, 1.165) is 81.7 Å². The molecule has 0 atom stereocenters. The zero-order chi connectivity index (χ0) is 36.3. The lowest BCUT2D eigenvalue weighted by Gasteiger charge is -2.36. The van der Waals surface area contributed by atoms with Crippen molar-refractivity contribution in [1.82, 2.24) is 19.9 Å². The summed E-state index contributed by atoms with van der Waals surface area (Å²) in [6.45, 7) is 15.9. The number of fused-ring (bicyclic) bond motifs is 2. The van der Waals surface area contributed by atoms with Crippen molar-refractivity contribution in [3.63, 3.8) is 0 Å². The van der Waals surface area contributed by atoms with Crippen molar-refractivity contribution >= 4 is 53.9 Å². The van der Waals surface area contributed by atoms with Gasteiger partial charge in [0.1, 0.15) is 6.10 Å². The molecule has 3 heterocycles. The van der Waals surface area contributed by atoms with E-state index in [2.05, 4.69) is 93.3 Å². The first kappa shape index (κ1) is 40.4. The van der Waals surface area contributed by atoms with Gasteiger partial charge in [-0.05, 0) is 123 Å². The molecule has 2 N–H and O–H groups in total. The van der Waals surface area contributed by atoms with Gasteiger partial charge in [0, 0.05) is 22.2 Å². The Bertz CT molecular complexity index is 1670. The van der Waals surface area contributed by atoms with E-state index in [-0.39, 0.29) is 17.8 Å². The zero-order valence-corrected chi connectivity index (χ0v) is 33.9. The van der Waals surface area contributed by atoms with E-state index in [9.17, 15) is 9.90 Å². The number of halogens is 2. The molecular weight excluding hydrogens is 760 g/mol. The van der Waals surface area contributed by atoms with Gasteiger partial charge >= 0.3 is 0 Å². The summed E-state index contributed by atoms with van der Waals surface area (Å²) in [5.74, 6) is 2.27. The number of aromatic nitrogens is 4. The van der Waals surface area contributed by atoms with Gasteiger partial charge in [-0.2, -0.15) is 0 Å². The highest BCUT2D eigenvalue weighted by molar-refractivity contribution is 9.10. The monoisotopic (exact) mass is 814 g/mol. The van der Waals surface area contributed by atoms with E-state index in [4.69, 9.17) is 9.47 Å². The van der Waals surface area contributed by atoms with Crippen molar-refractivity contribution in [3.8, 4) is 5.88 Å². The summed E-state index contributed by atoms with van der Waals surface area (Å²) in [4.78, 5) is 26.5. The van der Waals surface area contributed by atoms with Gasteiger partial charge < -0.3 is 19.6 Å². The van der Waals surface area contributed by atoms with Gasteiger partial charge in [0.25, 0.3) is 5.56 Å². The first-order chi connectivity index (χ1) is 23.7. The molecule has 1 saturated heterocycles. The number of aliphatic hydroxyl groups excluding tert-OH is 1. The van der Waals surface area contributed by atoms with Crippen LogP contribution in [0.25, 0.3) is 22.1 Å². The SMILES string of the molecule is C1CCOC1.CC(C)(C)C1CCC(O)CC1.CC(C)(C)C1CCC(Oc2cnc3cc(Br)ccc3n2)CC1.O=c1cnc2cc(Br)ccc2[nH]1. The summed E-state index contributed by atoms with van der Waals surface area (Å²) in [5.41, 5.74) is 3.98. The van der Waals surface area contributed by atoms with Crippen molar-refractivity contribution in [2.24, 2.45) is 22.7 Å². The van der Waals surface area contributed by atoms with Crippen LogP contribution < -0.4 is 10.3 Å². The normalized spacial score (nSPS) is 22.3. The third-order valence-electron chi connectivity index (χ3n) is 9.96. The van der Waals surface area contributed by atoms with Crippen LogP contribution in [0.1, 0.15) is 106 Å². The van der Waals surface area contributed by atoms with E-state index in [1.54, 1.807) is 6.20 Å². The van der Waals surface area contributed by atoms with Crippen LogP contribution in [0.2, 0.25) is 0 Å². The van der Waals surface area contributed by atoms with Gasteiger partial charge in [0.05, 0.1) is 40.6 Å². The summed E-state index contributed by atoms with van der Waals surface area (Å²) in [6, 6.07) is 11.4. The third-order valence-corrected chi connectivity index (χ3v) is 10.9. The van der Waals surface area contributed by atoms with Crippen molar-refractivity contribution in [3.05, 3.63) is 68.1 Å². The summed E-state index contributed by atoms with van der Waals surface area (Å²) in [6.07, 6.45) is 15.0. The van der Waals surface area contributed by atoms with E-state index in [1.807, 2.05) is 36.4 Å². The molecule has 8 nitrogen and oxygen atoms in total. The van der Waals surface area contributed by atoms with Crippen LogP contribution in [0.4, 0.5) is 0 Å². The molecule has 0 radical (unpaired) electrons. The second kappa shape index (κ2) is 18.9. The second-order valence-corrected chi connectivity index (χ2v) is 17.7. The van der Waals surface area contributed by atoms with Crippen LogP contribution >= 0.6 is 31.9 Å². The molecule has 2 aromatic carbocycles. The number of aliphatic hydroxyl groups is 1. The Kier molecular flexibility index (Phi) is 15.3. The molecule has 1 aliphatic heterocycles.